The quantitative estimate of drug-likeness (QED) is 0.393. The Morgan fingerprint density at radius 3 is 2.47 bits per heavy atom. The van der Waals surface area contributed by atoms with E-state index in [2.05, 4.69) is 28.8 Å². The second-order valence-electron chi connectivity index (χ2n) is 8.56. The molecule has 0 spiro atoms. The second kappa shape index (κ2) is 10.1. The van der Waals surface area contributed by atoms with Crippen molar-refractivity contribution < 1.29 is 23.1 Å². The molecule has 9 heteroatoms. The molecule has 1 aromatic heterocycles. The number of hydrogen-bond donors (Lipinski definition) is 2. The highest BCUT2D eigenvalue weighted by Gasteiger charge is 2.23. The minimum absolute atomic E-state index is 0.00222. The smallest absolute Gasteiger partial charge is 0.335 e. The van der Waals surface area contributed by atoms with Gasteiger partial charge in [-0.05, 0) is 61.3 Å². The molecule has 1 saturated carbocycles. The number of hydrogen-bond acceptors (Lipinski definition) is 6. The highest BCUT2D eigenvalue weighted by Crippen LogP contribution is 2.38. The fourth-order valence-corrected chi connectivity index (χ4v) is 6.59. The summed E-state index contributed by atoms with van der Waals surface area (Å²) in [6.45, 7) is 2.27. The second-order valence-corrected chi connectivity index (χ2v) is 11.1. The molecule has 2 aromatic carbocycles. The van der Waals surface area contributed by atoms with Crippen LogP contribution in [0.1, 0.15) is 60.9 Å². The number of sulfonamides is 1. The summed E-state index contributed by atoms with van der Waals surface area (Å²) in [5.41, 5.74) is 2.35. The summed E-state index contributed by atoms with van der Waals surface area (Å²) in [5, 5.41) is 11.1. The molecule has 1 fully saturated rings. The maximum absolute atomic E-state index is 12.9. The van der Waals surface area contributed by atoms with E-state index in [9.17, 15) is 13.2 Å². The van der Waals surface area contributed by atoms with E-state index in [0.717, 1.165) is 11.5 Å². The molecule has 0 radical (unpaired) electrons. The lowest BCUT2D eigenvalue weighted by Crippen LogP contribution is -2.14. The van der Waals surface area contributed by atoms with Gasteiger partial charge in [-0.1, -0.05) is 37.6 Å². The van der Waals surface area contributed by atoms with Crippen LogP contribution < -0.4 is 9.46 Å². The van der Waals surface area contributed by atoms with Gasteiger partial charge in [-0.25, -0.2) is 9.78 Å². The van der Waals surface area contributed by atoms with Crippen molar-refractivity contribution in [3.05, 3.63) is 59.0 Å². The number of aromatic carboxylic acids is 1. The molecule has 0 saturated heterocycles. The Hall–Kier alpha value is -2.91. The molecule has 1 aliphatic rings. The number of nitrogens with one attached hydrogen (secondary N) is 1. The van der Waals surface area contributed by atoms with Crippen molar-refractivity contribution in [3.8, 4) is 16.3 Å². The normalized spacial score (nSPS) is 18.4. The Bertz CT molecular complexity index is 1260. The van der Waals surface area contributed by atoms with E-state index < -0.39 is 16.0 Å². The van der Waals surface area contributed by atoms with Gasteiger partial charge in [0.2, 0.25) is 0 Å². The van der Waals surface area contributed by atoms with Gasteiger partial charge in [0.15, 0.2) is 5.03 Å². The van der Waals surface area contributed by atoms with Crippen molar-refractivity contribution in [1.82, 2.24) is 4.98 Å². The zero-order valence-corrected chi connectivity index (χ0v) is 20.8. The Kier molecular flexibility index (Phi) is 7.23. The molecule has 4 rings (SSSR count). The minimum atomic E-state index is -3.98. The third-order valence-electron chi connectivity index (χ3n) is 6.50. The van der Waals surface area contributed by atoms with Crippen LogP contribution in [0.25, 0.3) is 10.6 Å². The van der Waals surface area contributed by atoms with Crippen molar-refractivity contribution in [2.75, 3.05) is 11.8 Å². The first-order valence-electron chi connectivity index (χ1n) is 11.3. The zero-order valence-electron chi connectivity index (χ0n) is 19.2. The Morgan fingerprint density at radius 1 is 1.15 bits per heavy atom. The van der Waals surface area contributed by atoms with Gasteiger partial charge < -0.3 is 9.84 Å². The van der Waals surface area contributed by atoms with E-state index in [1.165, 1.54) is 79.7 Å². The summed E-state index contributed by atoms with van der Waals surface area (Å²) in [7, 11) is -2.63. The number of carboxylic acid groups (broad SMARTS) is 1. The number of ether oxygens (including phenoxy) is 1. The van der Waals surface area contributed by atoms with Gasteiger partial charge in [0.05, 0.1) is 18.4 Å². The van der Waals surface area contributed by atoms with Crippen molar-refractivity contribution >= 4 is 33.0 Å². The first-order chi connectivity index (χ1) is 16.3. The number of thiazole rings is 1. The summed E-state index contributed by atoms with van der Waals surface area (Å²) >= 11 is 1.26. The average Bonchev–Trinajstić information content (AvgIpc) is 3.36. The molecule has 0 atom stereocenters. The topological polar surface area (TPSA) is 106 Å². The lowest BCUT2D eigenvalue weighted by molar-refractivity contribution is 0.0696. The van der Waals surface area contributed by atoms with Gasteiger partial charge in [-0.15, -0.1) is 11.3 Å². The fourth-order valence-electron chi connectivity index (χ4n) is 4.42. The predicted octanol–water partition coefficient (Wildman–Crippen LogP) is 6.00. The van der Waals surface area contributed by atoms with Gasteiger partial charge in [0, 0.05) is 10.9 Å². The van der Waals surface area contributed by atoms with Crippen LogP contribution >= 0.6 is 11.3 Å². The van der Waals surface area contributed by atoms with Crippen LogP contribution in [0.3, 0.4) is 0 Å². The van der Waals surface area contributed by atoms with Crippen molar-refractivity contribution in [3.63, 3.8) is 0 Å². The minimum Gasteiger partial charge on any atom is -0.495 e. The molecule has 1 aliphatic carbocycles. The highest BCUT2D eigenvalue weighted by molar-refractivity contribution is 7.92. The van der Waals surface area contributed by atoms with Crippen molar-refractivity contribution in [1.29, 1.82) is 0 Å². The van der Waals surface area contributed by atoms with Gasteiger partial charge in [-0.3, -0.25) is 4.72 Å². The van der Waals surface area contributed by atoms with E-state index in [-0.39, 0.29) is 22.0 Å². The van der Waals surface area contributed by atoms with Crippen molar-refractivity contribution in [2.24, 2.45) is 5.92 Å². The van der Waals surface area contributed by atoms with Crippen LogP contribution in [0.5, 0.6) is 5.75 Å². The Balaban J connectivity index is 1.49. The maximum Gasteiger partial charge on any atom is 0.335 e. The monoisotopic (exact) mass is 500 g/mol. The van der Waals surface area contributed by atoms with Crippen LogP contribution in [-0.4, -0.2) is 31.6 Å². The van der Waals surface area contributed by atoms with E-state index in [1.807, 2.05) is 12.1 Å². The molecule has 0 aliphatic heterocycles. The molecular formula is C25H28N2O5S2. The summed E-state index contributed by atoms with van der Waals surface area (Å²) in [4.78, 5) is 15.5. The number of benzene rings is 2. The van der Waals surface area contributed by atoms with Crippen LogP contribution in [0.15, 0.2) is 52.9 Å². The van der Waals surface area contributed by atoms with Gasteiger partial charge >= 0.3 is 5.97 Å². The summed E-state index contributed by atoms with van der Waals surface area (Å²) in [6.07, 6.45) is 6.28. The van der Waals surface area contributed by atoms with Gasteiger partial charge in [-0.2, -0.15) is 8.42 Å². The summed E-state index contributed by atoms with van der Waals surface area (Å²) in [5.74, 6) is 0.435. The molecule has 0 amide bonds. The maximum atomic E-state index is 12.9. The predicted molar refractivity (Wildman–Crippen MR) is 133 cm³/mol. The lowest BCUT2D eigenvalue weighted by Gasteiger charge is -2.28. The van der Waals surface area contributed by atoms with Crippen LogP contribution in [0.4, 0.5) is 5.69 Å². The van der Waals surface area contributed by atoms with E-state index >= 15 is 0 Å². The number of nitrogens with zero attached hydrogens (tertiary/aromatic N) is 1. The molecular weight excluding hydrogens is 472 g/mol. The van der Waals surface area contributed by atoms with Crippen LogP contribution in [0, 0.1) is 5.92 Å². The standard InChI is InChI=1S/C25H28N2O5S2/c1-3-16-4-6-17(7-5-16)18-8-10-19(11-9-18)24-26-23(15-33-24)34(30,31)27-21-13-12-20(25(28)29)14-22(21)32-2/h8-17,27H,3-7H2,1-2H3,(H,28,29)/t16-,17-. The summed E-state index contributed by atoms with van der Waals surface area (Å²) < 4.78 is 33.4. The molecule has 180 valence electrons. The third-order valence-corrected chi connectivity index (χ3v) is 8.79. The molecule has 1 heterocycles. The molecule has 3 aromatic rings. The third kappa shape index (κ3) is 5.26. The average molecular weight is 501 g/mol. The number of carboxylic acids is 1. The number of methoxy groups -OCH3 is 1. The van der Waals surface area contributed by atoms with Crippen LogP contribution in [-0.2, 0) is 10.0 Å². The largest absolute Gasteiger partial charge is 0.495 e. The number of anilines is 1. The lowest BCUT2D eigenvalue weighted by atomic mass is 9.78. The first-order valence-corrected chi connectivity index (χ1v) is 13.7. The van der Waals surface area contributed by atoms with Crippen LogP contribution in [0.2, 0.25) is 0 Å². The number of rotatable bonds is 8. The number of carbonyl (C=O) groups is 1. The van der Waals surface area contributed by atoms with E-state index in [0.29, 0.717) is 10.9 Å². The Morgan fingerprint density at radius 2 is 1.85 bits per heavy atom. The molecule has 34 heavy (non-hydrogen) atoms. The SMILES string of the molecule is CC[C@H]1CC[C@H](c2ccc(-c3nc(S(=O)(=O)Nc4ccc(C(=O)O)cc4OC)cs3)cc2)CC1. The summed E-state index contributed by atoms with van der Waals surface area (Å²) in [6, 6.07) is 12.2. The molecule has 0 bridgehead atoms. The van der Waals surface area contributed by atoms with Crippen molar-refractivity contribution in [2.45, 2.75) is 50.0 Å². The first kappa shape index (κ1) is 24.2. The van der Waals surface area contributed by atoms with E-state index in [1.54, 1.807) is 0 Å². The molecule has 7 nitrogen and oxygen atoms in total. The van der Waals surface area contributed by atoms with E-state index in [4.69, 9.17) is 9.84 Å². The Labute approximate surface area is 203 Å². The fraction of sp³-hybridized carbons (Fsp3) is 0.360. The highest BCUT2D eigenvalue weighted by atomic mass is 32.2. The molecule has 0 unspecified atom stereocenters. The zero-order chi connectivity index (χ0) is 24.3. The number of aromatic nitrogens is 1. The molecule has 2 N–H and O–H groups in total. The van der Waals surface area contributed by atoms with Gasteiger partial charge in [0.1, 0.15) is 10.8 Å². The van der Waals surface area contributed by atoms with Gasteiger partial charge in [0.25, 0.3) is 10.0 Å².